The third-order valence-corrected chi connectivity index (χ3v) is 5.11. The molecule has 18 heavy (non-hydrogen) atoms. The van der Waals surface area contributed by atoms with Crippen molar-refractivity contribution < 1.29 is 4.79 Å². The third kappa shape index (κ3) is 1.14. The number of alkyl halides is 1. The van der Waals surface area contributed by atoms with Crippen LogP contribution in [0.25, 0.3) is 0 Å². The lowest BCUT2D eigenvalue weighted by molar-refractivity contribution is -0.120. The normalized spacial score (nSPS) is 27.8. The van der Waals surface area contributed by atoms with Crippen molar-refractivity contribution in [2.45, 2.75) is 16.7 Å². The van der Waals surface area contributed by atoms with Gasteiger partial charge in [0.1, 0.15) is 0 Å². The smallest absolute Gasteiger partial charge is 0.159 e. The lowest BCUT2D eigenvalue weighted by atomic mass is 9.63. The van der Waals surface area contributed by atoms with Gasteiger partial charge in [0.2, 0.25) is 0 Å². The molecule has 0 heterocycles. The molecule has 2 aromatic rings. The standard InChI is InChI=1S/C16H11BrO/c17-15-13-9-5-1-3-7-11(9)14(16(15)18)12-8-4-2-6-10(12)13/h1-8,13-15H. The zero-order valence-electron chi connectivity index (χ0n) is 9.64. The first-order valence-electron chi connectivity index (χ1n) is 6.14. The quantitative estimate of drug-likeness (QED) is 0.679. The molecule has 0 N–H and O–H groups in total. The van der Waals surface area contributed by atoms with Crippen molar-refractivity contribution in [3.05, 3.63) is 70.8 Å². The van der Waals surface area contributed by atoms with Crippen molar-refractivity contribution in [3.63, 3.8) is 0 Å². The number of fused-ring (bicyclic) bond motifs is 1. The van der Waals surface area contributed by atoms with Gasteiger partial charge in [-0.2, -0.15) is 0 Å². The van der Waals surface area contributed by atoms with Crippen LogP contribution in [0.2, 0.25) is 0 Å². The number of carbonyl (C=O) groups is 1. The van der Waals surface area contributed by atoms with Gasteiger partial charge in [0.25, 0.3) is 0 Å². The zero-order valence-corrected chi connectivity index (χ0v) is 11.2. The Balaban J connectivity index is 2.09. The van der Waals surface area contributed by atoms with Crippen LogP contribution in [0.15, 0.2) is 48.5 Å². The second-order valence-electron chi connectivity index (χ2n) is 4.97. The number of ketones is 1. The summed E-state index contributed by atoms with van der Waals surface area (Å²) in [6.45, 7) is 0. The molecule has 2 heteroatoms. The van der Waals surface area contributed by atoms with Crippen LogP contribution >= 0.6 is 15.9 Å². The van der Waals surface area contributed by atoms with Gasteiger partial charge in [0.15, 0.2) is 5.78 Å². The minimum absolute atomic E-state index is 0.0766. The van der Waals surface area contributed by atoms with Crippen molar-refractivity contribution in [1.29, 1.82) is 0 Å². The van der Waals surface area contributed by atoms with Crippen molar-refractivity contribution in [3.8, 4) is 0 Å². The van der Waals surface area contributed by atoms with Crippen molar-refractivity contribution >= 4 is 21.7 Å². The Morgan fingerprint density at radius 1 is 0.778 bits per heavy atom. The molecular formula is C16H11BrO. The maximum Gasteiger partial charge on any atom is 0.159 e. The number of hydrogen-bond acceptors (Lipinski definition) is 1. The third-order valence-electron chi connectivity index (χ3n) is 4.13. The summed E-state index contributed by atoms with van der Waals surface area (Å²) in [5.74, 6) is 0.402. The lowest BCUT2D eigenvalue weighted by Crippen LogP contribution is -2.40. The molecule has 0 aromatic heterocycles. The van der Waals surface area contributed by atoms with Crippen molar-refractivity contribution in [2.75, 3.05) is 0 Å². The summed E-state index contributed by atoms with van der Waals surface area (Å²) >= 11 is 3.60. The fraction of sp³-hybridized carbons (Fsp3) is 0.188. The summed E-state index contributed by atoms with van der Waals surface area (Å²) in [5.41, 5.74) is 5.01. The molecule has 0 spiro atoms. The van der Waals surface area contributed by atoms with E-state index >= 15 is 0 Å². The van der Waals surface area contributed by atoms with Crippen LogP contribution in [0.4, 0.5) is 0 Å². The summed E-state index contributed by atoms with van der Waals surface area (Å²) in [6.07, 6.45) is 0. The first kappa shape index (κ1) is 10.5. The molecule has 1 nitrogen and oxygen atoms in total. The van der Waals surface area contributed by atoms with Crippen LogP contribution in [0.1, 0.15) is 34.1 Å². The van der Waals surface area contributed by atoms with Gasteiger partial charge in [0.05, 0.1) is 10.7 Å². The average molecular weight is 299 g/mol. The minimum Gasteiger partial charge on any atom is -0.297 e. The average Bonchev–Trinajstić information content (AvgIpc) is 2.42. The zero-order chi connectivity index (χ0) is 12.3. The van der Waals surface area contributed by atoms with E-state index in [0.29, 0.717) is 5.78 Å². The van der Waals surface area contributed by atoms with E-state index in [1.807, 2.05) is 12.1 Å². The number of rotatable bonds is 0. The Morgan fingerprint density at radius 3 is 1.72 bits per heavy atom. The Hall–Kier alpha value is -1.41. The van der Waals surface area contributed by atoms with E-state index in [1.54, 1.807) is 0 Å². The molecule has 0 saturated carbocycles. The molecular weight excluding hydrogens is 288 g/mol. The van der Waals surface area contributed by atoms with E-state index in [-0.39, 0.29) is 16.7 Å². The van der Waals surface area contributed by atoms with Crippen LogP contribution in [-0.2, 0) is 4.79 Å². The van der Waals surface area contributed by atoms with Gasteiger partial charge in [-0.3, -0.25) is 4.79 Å². The van der Waals surface area contributed by atoms with Gasteiger partial charge in [-0.15, -0.1) is 0 Å². The number of halogens is 1. The summed E-state index contributed by atoms with van der Waals surface area (Å²) in [5, 5.41) is 0. The fourth-order valence-electron chi connectivity index (χ4n) is 3.39. The topological polar surface area (TPSA) is 17.1 Å². The Labute approximate surface area is 114 Å². The number of Topliss-reactive ketones (excluding diaryl/α,β-unsaturated/α-hetero) is 1. The van der Waals surface area contributed by atoms with Crippen LogP contribution < -0.4 is 0 Å². The van der Waals surface area contributed by atoms with Gasteiger partial charge in [0, 0.05) is 5.92 Å². The number of hydrogen-bond donors (Lipinski definition) is 0. The summed E-state index contributed by atoms with van der Waals surface area (Å²) < 4.78 is 0. The molecule has 1 unspecified atom stereocenters. The summed E-state index contributed by atoms with van der Waals surface area (Å²) in [7, 11) is 0. The molecule has 0 amide bonds. The highest BCUT2D eigenvalue weighted by Gasteiger charge is 2.47. The largest absolute Gasteiger partial charge is 0.297 e. The van der Waals surface area contributed by atoms with Crippen molar-refractivity contribution in [1.82, 2.24) is 0 Å². The van der Waals surface area contributed by atoms with Gasteiger partial charge < -0.3 is 0 Å². The SMILES string of the molecule is O=C1C2c3ccccc3C(c3ccccc32)C1Br. The first-order valence-corrected chi connectivity index (χ1v) is 7.06. The fourth-order valence-corrected chi connectivity index (χ4v) is 4.23. The molecule has 0 aliphatic heterocycles. The van der Waals surface area contributed by atoms with E-state index in [2.05, 4.69) is 52.3 Å². The van der Waals surface area contributed by atoms with E-state index in [9.17, 15) is 4.79 Å². The van der Waals surface area contributed by atoms with Crippen LogP contribution in [0.5, 0.6) is 0 Å². The van der Waals surface area contributed by atoms with Crippen molar-refractivity contribution in [2.24, 2.45) is 0 Å². The molecule has 0 radical (unpaired) electrons. The van der Waals surface area contributed by atoms with Gasteiger partial charge in [-0.25, -0.2) is 0 Å². The molecule has 5 rings (SSSR count). The molecule has 3 aliphatic rings. The monoisotopic (exact) mass is 298 g/mol. The highest BCUT2D eigenvalue weighted by molar-refractivity contribution is 9.10. The predicted molar refractivity (Wildman–Crippen MR) is 74.3 cm³/mol. The van der Waals surface area contributed by atoms with Gasteiger partial charge >= 0.3 is 0 Å². The predicted octanol–water partition coefficient (Wildman–Crippen LogP) is 3.61. The maximum absolute atomic E-state index is 12.5. The van der Waals surface area contributed by atoms with Gasteiger partial charge in [-0.1, -0.05) is 64.5 Å². The van der Waals surface area contributed by atoms with E-state index in [0.717, 1.165) is 0 Å². The first-order chi connectivity index (χ1) is 8.79. The molecule has 2 bridgehead atoms. The van der Waals surface area contributed by atoms with E-state index in [4.69, 9.17) is 0 Å². The number of carbonyl (C=O) groups excluding carboxylic acids is 1. The summed E-state index contributed by atoms with van der Waals surface area (Å²) in [4.78, 5) is 12.4. The molecule has 88 valence electrons. The number of benzene rings is 2. The molecule has 0 fully saturated rings. The second-order valence-corrected chi connectivity index (χ2v) is 5.96. The Kier molecular flexibility index (Phi) is 2.07. The molecule has 2 aromatic carbocycles. The summed E-state index contributed by atoms with van der Waals surface area (Å²) in [6, 6.07) is 16.7. The van der Waals surface area contributed by atoms with Crippen LogP contribution in [0, 0.1) is 0 Å². The van der Waals surface area contributed by atoms with Gasteiger partial charge in [-0.05, 0) is 22.3 Å². The van der Waals surface area contributed by atoms with E-state index < -0.39 is 0 Å². The lowest BCUT2D eigenvalue weighted by Gasteiger charge is -2.42. The highest BCUT2D eigenvalue weighted by atomic mass is 79.9. The Morgan fingerprint density at radius 2 is 1.22 bits per heavy atom. The molecule has 0 saturated heterocycles. The molecule has 1 atom stereocenters. The molecule has 3 aliphatic carbocycles. The van der Waals surface area contributed by atoms with Crippen LogP contribution in [0.3, 0.4) is 0 Å². The van der Waals surface area contributed by atoms with Crippen LogP contribution in [-0.4, -0.2) is 10.6 Å². The Bertz CT molecular complexity index is 614. The second kappa shape index (κ2) is 3.55. The van der Waals surface area contributed by atoms with E-state index in [1.165, 1.54) is 22.3 Å². The minimum atomic E-state index is -0.0771. The maximum atomic E-state index is 12.5. The highest BCUT2D eigenvalue weighted by Crippen LogP contribution is 2.52.